The molecule has 0 heterocycles. The van der Waals surface area contributed by atoms with Crippen LogP contribution in [0.15, 0.2) is 54.6 Å². The number of rotatable bonds is 9. The van der Waals surface area contributed by atoms with Crippen LogP contribution in [0, 0.1) is 5.82 Å². The topological polar surface area (TPSA) is 90.5 Å². The van der Waals surface area contributed by atoms with E-state index in [4.69, 9.17) is 0 Å². The van der Waals surface area contributed by atoms with Crippen molar-refractivity contribution >= 4 is 17.8 Å². The summed E-state index contributed by atoms with van der Waals surface area (Å²) >= 11 is 0. The summed E-state index contributed by atoms with van der Waals surface area (Å²) in [4.78, 5) is 38.2. The summed E-state index contributed by atoms with van der Waals surface area (Å²) < 4.78 is 12.9. The van der Waals surface area contributed by atoms with Gasteiger partial charge in [0.2, 0.25) is 11.8 Å². The molecule has 2 aromatic rings. The number of carbonyl (C=O) groups is 3. The minimum atomic E-state index is -0.672. The van der Waals surface area contributed by atoms with Gasteiger partial charge in [0, 0.05) is 13.1 Å². The summed E-state index contributed by atoms with van der Waals surface area (Å²) in [7, 11) is 0. The number of hydrogen-bond acceptors (Lipinski definition) is 4. The number of hydrogen-bond donors (Lipinski definition) is 3. The molecule has 0 saturated heterocycles. The molecule has 0 aromatic heterocycles. The molecule has 0 spiro atoms. The average molecular weight is 414 g/mol. The van der Waals surface area contributed by atoms with E-state index >= 15 is 0 Å². The molecular formula is C22H27FN4O3. The predicted molar refractivity (Wildman–Crippen MR) is 112 cm³/mol. The number of benzene rings is 2. The molecule has 0 saturated carbocycles. The van der Waals surface area contributed by atoms with Gasteiger partial charge in [-0.05, 0) is 36.7 Å². The first-order chi connectivity index (χ1) is 14.4. The molecule has 0 radical (unpaired) electrons. The highest BCUT2D eigenvalue weighted by Gasteiger charge is 2.23. The standard InChI is InChI=1S/C22H27FN4O3/c1-3-27(15-20(28)24-13-18-9-11-19(23)12-10-18)16(2)21(29)26-22(30)25-14-17-7-5-4-6-8-17/h4-12,16H,3,13-15H2,1-2H3,(H,24,28)(H2,25,26,29,30). The Labute approximate surface area is 175 Å². The molecule has 1 unspecified atom stereocenters. The smallest absolute Gasteiger partial charge is 0.321 e. The van der Waals surface area contributed by atoms with Gasteiger partial charge in [-0.1, -0.05) is 49.4 Å². The van der Waals surface area contributed by atoms with Gasteiger partial charge in [0.15, 0.2) is 0 Å². The first-order valence-electron chi connectivity index (χ1n) is 9.76. The number of urea groups is 1. The third-order valence-electron chi connectivity index (χ3n) is 4.62. The lowest BCUT2D eigenvalue weighted by Crippen LogP contribution is -2.51. The molecule has 0 aliphatic carbocycles. The van der Waals surface area contributed by atoms with E-state index in [0.717, 1.165) is 11.1 Å². The Balaban J connectivity index is 1.78. The van der Waals surface area contributed by atoms with E-state index in [0.29, 0.717) is 13.1 Å². The molecular weight excluding hydrogens is 387 g/mol. The van der Waals surface area contributed by atoms with Crippen LogP contribution in [0.2, 0.25) is 0 Å². The van der Waals surface area contributed by atoms with Crippen LogP contribution in [0.5, 0.6) is 0 Å². The second kappa shape index (κ2) is 11.7. The molecule has 2 aromatic carbocycles. The van der Waals surface area contributed by atoms with Crippen LogP contribution < -0.4 is 16.0 Å². The van der Waals surface area contributed by atoms with Gasteiger partial charge in [0.1, 0.15) is 5.82 Å². The van der Waals surface area contributed by atoms with Crippen molar-refractivity contribution < 1.29 is 18.8 Å². The van der Waals surface area contributed by atoms with Gasteiger partial charge >= 0.3 is 6.03 Å². The Morgan fingerprint density at radius 1 is 0.933 bits per heavy atom. The molecule has 2 rings (SSSR count). The van der Waals surface area contributed by atoms with Gasteiger partial charge in [-0.2, -0.15) is 0 Å². The summed E-state index contributed by atoms with van der Waals surface area (Å²) in [6.07, 6.45) is 0. The zero-order chi connectivity index (χ0) is 21.9. The summed E-state index contributed by atoms with van der Waals surface area (Å²) in [6, 6.07) is 13.9. The number of likely N-dealkylation sites (N-methyl/N-ethyl adjacent to an activating group) is 1. The molecule has 0 fully saturated rings. The Bertz CT molecular complexity index is 843. The van der Waals surface area contributed by atoms with Crippen LogP contribution in [0.1, 0.15) is 25.0 Å². The first kappa shape index (κ1) is 23.0. The van der Waals surface area contributed by atoms with Crippen molar-refractivity contribution in [2.24, 2.45) is 0 Å². The van der Waals surface area contributed by atoms with E-state index in [2.05, 4.69) is 16.0 Å². The van der Waals surface area contributed by atoms with Gasteiger partial charge in [0.05, 0.1) is 12.6 Å². The largest absolute Gasteiger partial charge is 0.351 e. The predicted octanol–water partition coefficient (Wildman–Crippen LogP) is 2.18. The van der Waals surface area contributed by atoms with Crippen molar-refractivity contribution in [3.8, 4) is 0 Å². The van der Waals surface area contributed by atoms with E-state index in [1.165, 1.54) is 12.1 Å². The first-order valence-corrected chi connectivity index (χ1v) is 9.76. The van der Waals surface area contributed by atoms with E-state index in [1.807, 2.05) is 37.3 Å². The molecule has 7 nitrogen and oxygen atoms in total. The van der Waals surface area contributed by atoms with E-state index in [1.54, 1.807) is 24.0 Å². The molecule has 30 heavy (non-hydrogen) atoms. The number of nitrogens with zero attached hydrogens (tertiary/aromatic N) is 1. The fourth-order valence-electron chi connectivity index (χ4n) is 2.77. The van der Waals surface area contributed by atoms with Crippen molar-refractivity contribution in [2.75, 3.05) is 13.1 Å². The minimum absolute atomic E-state index is 0.00207. The van der Waals surface area contributed by atoms with Gasteiger partial charge in [0.25, 0.3) is 0 Å². The highest BCUT2D eigenvalue weighted by molar-refractivity contribution is 5.97. The van der Waals surface area contributed by atoms with Crippen molar-refractivity contribution in [3.05, 3.63) is 71.5 Å². The lowest BCUT2D eigenvalue weighted by atomic mass is 10.2. The fourth-order valence-corrected chi connectivity index (χ4v) is 2.77. The van der Waals surface area contributed by atoms with E-state index < -0.39 is 18.0 Å². The van der Waals surface area contributed by atoms with Gasteiger partial charge < -0.3 is 10.6 Å². The molecule has 1 atom stereocenters. The SMILES string of the molecule is CCN(CC(=O)NCc1ccc(F)cc1)C(C)C(=O)NC(=O)NCc1ccccc1. The summed E-state index contributed by atoms with van der Waals surface area (Å²) in [5.41, 5.74) is 1.69. The third kappa shape index (κ3) is 7.63. The lowest BCUT2D eigenvalue weighted by Gasteiger charge is -2.26. The van der Waals surface area contributed by atoms with Crippen LogP contribution in [0.3, 0.4) is 0 Å². The van der Waals surface area contributed by atoms with Crippen LogP contribution in [0.4, 0.5) is 9.18 Å². The molecule has 4 amide bonds. The van der Waals surface area contributed by atoms with Crippen LogP contribution in [-0.4, -0.2) is 41.9 Å². The van der Waals surface area contributed by atoms with Crippen molar-refractivity contribution in [3.63, 3.8) is 0 Å². The number of imide groups is 1. The normalized spacial score (nSPS) is 11.6. The maximum absolute atomic E-state index is 12.9. The Morgan fingerprint density at radius 3 is 2.17 bits per heavy atom. The number of halogens is 1. The van der Waals surface area contributed by atoms with Crippen molar-refractivity contribution in [1.82, 2.24) is 20.9 Å². The van der Waals surface area contributed by atoms with Crippen molar-refractivity contribution in [2.45, 2.75) is 33.0 Å². The van der Waals surface area contributed by atoms with Gasteiger partial charge in [-0.25, -0.2) is 9.18 Å². The van der Waals surface area contributed by atoms with Gasteiger partial charge in [-0.15, -0.1) is 0 Å². The number of amides is 4. The molecule has 0 bridgehead atoms. The fraction of sp³-hybridized carbons (Fsp3) is 0.318. The molecule has 160 valence electrons. The summed E-state index contributed by atoms with van der Waals surface area (Å²) in [5.74, 6) is -1.10. The zero-order valence-electron chi connectivity index (χ0n) is 17.2. The summed E-state index contributed by atoms with van der Waals surface area (Å²) in [6.45, 7) is 4.47. The maximum Gasteiger partial charge on any atom is 0.321 e. The third-order valence-corrected chi connectivity index (χ3v) is 4.62. The highest BCUT2D eigenvalue weighted by atomic mass is 19.1. The van der Waals surface area contributed by atoms with E-state index in [-0.39, 0.29) is 24.8 Å². The van der Waals surface area contributed by atoms with Gasteiger partial charge in [-0.3, -0.25) is 19.8 Å². The van der Waals surface area contributed by atoms with E-state index in [9.17, 15) is 18.8 Å². The second-order valence-electron chi connectivity index (χ2n) is 6.80. The van der Waals surface area contributed by atoms with Crippen LogP contribution >= 0.6 is 0 Å². The Hall–Kier alpha value is -3.26. The zero-order valence-corrected chi connectivity index (χ0v) is 17.2. The number of nitrogens with one attached hydrogen (secondary N) is 3. The Morgan fingerprint density at radius 2 is 1.53 bits per heavy atom. The minimum Gasteiger partial charge on any atom is -0.351 e. The monoisotopic (exact) mass is 414 g/mol. The number of carbonyl (C=O) groups excluding carboxylic acids is 3. The Kier molecular flexibility index (Phi) is 8.96. The molecule has 0 aliphatic rings. The average Bonchev–Trinajstić information content (AvgIpc) is 2.75. The van der Waals surface area contributed by atoms with Crippen LogP contribution in [0.25, 0.3) is 0 Å². The maximum atomic E-state index is 12.9. The highest BCUT2D eigenvalue weighted by Crippen LogP contribution is 2.03. The summed E-state index contributed by atoms with van der Waals surface area (Å²) in [5, 5.41) is 7.67. The molecule has 8 heteroatoms. The van der Waals surface area contributed by atoms with Crippen LogP contribution in [-0.2, 0) is 22.7 Å². The second-order valence-corrected chi connectivity index (χ2v) is 6.80. The quantitative estimate of drug-likeness (QED) is 0.587. The lowest BCUT2D eigenvalue weighted by molar-refractivity contribution is -0.127. The molecule has 3 N–H and O–H groups in total. The molecule has 0 aliphatic heterocycles. The van der Waals surface area contributed by atoms with Crippen molar-refractivity contribution in [1.29, 1.82) is 0 Å².